The van der Waals surface area contributed by atoms with E-state index in [1.165, 1.54) is 16.0 Å². The lowest BCUT2D eigenvalue weighted by Gasteiger charge is -2.33. The molecule has 1 aromatic carbocycles. The smallest absolute Gasteiger partial charge is 0.258 e. The van der Waals surface area contributed by atoms with E-state index in [4.69, 9.17) is 5.73 Å². The summed E-state index contributed by atoms with van der Waals surface area (Å²) in [5, 5.41) is 3.71. The second-order valence-electron chi connectivity index (χ2n) is 8.32. The van der Waals surface area contributed by atoms with E-state index in [9.17, 15) is 4.79 Å². The number of anilines is 2. The van der Waals surface area contributed by atoms with Gasteiger partial charge in [0.05, 0.1) is 10.6 Å². The highest BCUT2D eigenvalue weighted by Crippen LogP contribution is 2.43. The number of benzene rings is 1. The van der Waals surface area contributed by atoms with E-state index in [1.54, 1.807) is 11.3 Å². The SMILES string of the molecule is Cc1ccc(NC(=O)c2c(N)sc3c2CC[C@@H](C(C)(C)C)C3)c(C)c1. The Morgan fingerprint density at radius 2 is 2.00 bits per heavy atom. The van der Waals surface area contributed by atoms with E-state index < -0.39 is 0 Å². The first kappa shape index (κ1) is 18.0. The molecular formula is C21H28N2OS. The lowest BCUT2D eigenvalue weighted by atomic mass is 9.72. The van der Waals surface area contributed by atoms with Crippen LogP contribution >= 0.6 is 11.3 Å². The van der Waals surface area contributed by atoms with E-state index >= 15 is 0 Å². The largest absolute Gasteiger partial charge is 0.390 e. The van der Waals surface area contributed by atoms with Crippen molar-refractivity contribution in [3.63, 3.8) is 0 Å². The number of carbonyl (C=O) groups is 1. The molecule has 25 heavy (non-hydrogen) atoms. The minimum atomic E-state index is -0.0730. The molecule has 4 heteroatoms. The van der Waals surface area contributed by atoms with Crippen molar-refractivity contribution in [3.8, 4) is 0 Å². The highest BCUT2D eigenvalue weighted by Gasteiger charge is 2.33. The van der Waals surface area contributed by atoms with Crippen molar-refractivity contribution in [1.82, 2.24) is 0 Å². The van der Waals surface area contributed by atoms with Crippen LogP contribution in [0.1, 0.15) is 59.1 Å². The Balaban J connectivity index is 1.86. The van der Waals surface area contributed by atoms with Crippen molar-refractivity contribution in [2.45, 2.75) is 53.9 Å². The van der Waals surface area contributed by atoms with E-state index in [0.29, 0.717) is 16.5 Å². The summed E-state index contributed by atoms with van der Waals surface area (Å²) < 4.78 is 0. The van der Waals surface area contributed by atoms with Crippen molar-refractivity contribution in [2.75, 3.05) is 11.1 Å². The van der Waals surface area contributed by atoms with Crippen LogP contribution in [-0.2, 0) is 12.8 Å². The van der Waals surface area contributed by atoms with Crippen LogP contribution in [0.15, 0.2) is 18.2 Å². The van der Waals surface area contributed by atoms with Crippen molar-refractivity contribution >= 4 is 27.9 Å². The number of nitrogens with two attached hydrogens (primary N) is 1. The van der Waals surface area contributed by atoms with Gasteiger partial charge in [-0.05, 0) is 61.6 Å². The van der Waals surface area contributed by atoms with Crippen LogP contribution in [0.25, 0.3) is 0 Å². The molecule has 1 amide bonds. The average molecular weight is 357 g/mol. The number of amides is 1. The third-order valence-electron chi connectivity index (χ3n) is 5.37. The molecule has 0 bridgehead atoms. The molecule has 2 aromatic rings. The van der Waals surface area contributed by atoms with Crippen molar-refractivity contribution in [1.29, 1.82) is 0 Å². The normalized spacial score (nSPS) is 17.2. The third-order valence-corrected chi connectivity index (χ3v) is 6.46. The van der Waals surface area contributed by atoms with Gasteiger partial charge in [0.15, 0.2) is 0 Å². The monoisotopic (exact) mass is 356 g/mol. The zero-order valence-corrected chi connectivity index (χ0v) is 16.6. The van der Waals surface area contributed by atoms with E-state index in [-0.39, 0.29) is 11.3 Å². The molecular weight excluding hydrogens is 328 g/mol. The molecule has 0 radical (unpaired) electrons. The summed E-state index contributed by atoms with van der Waals surface area (Å²) >= 11 is 1.60. The predicted molar refractivity (Wildman–Crippen MR) is 108 cm³/mol. The van der Waals surface area contributed by atoms with Gasteiger partial charge in [0.25, 0.3) is 5.91 Å². The summed E-state index contributed by atoms with van der Waals surface area (Å²) in [5.41, 5.74) is 11.5. The van der Waals surface area contributed by atoms with Gasteiger partial charge in [0.1, 0.15) is 0 Å². The number of nitrogen functional groups attached to an aromatic ring is 1. The van der Waals surface area contributed by atoms with Gasteiger partial charge >= 0.3 is 0 Å². The van der Waals surface area contributed by atoms with Crippen LogP contribution in [0, 0.1) is 25.2 Å². The Labute approximate surface area is 154 Å². The summed E-state index contributed by atoms with van der Waals surface area (Å²) in [7, 11) is 0. The third kappa shape index (κ3) is 3.59. The molecule has 1 heterocycles. The van der Waals surface area contributed by atoms with Gasteiger partial charge in [-0.25, -0.2) is 0 Å². The molecule has 1 aliphatic rings. The first-order valence-electron chi connectivity index (χ1n) is 8.95. The summed E-state index contributed by atoms with van der Waals surface area (Å²) in [6.07, 6.45) is 3.10. The fourth-order valence-electron chi connectivity index (χ4n) is 3.73. The molecule has 0 saturated heterocycles. The van der Waals surface area contributed by atoms with Gasteiger partial charge in [0.2, 0.25) is 0 Å². The summed E-state index contributed by atoms with van der Waals surface area (Å²) in [4.78, 5) is 14.2. The molecule has 3 nitrogen and oxygen atoms in total. The van der Waals surface area contributed by atoms with E-state index in [2.05, 4.69) is 39.1 Å². The second-order valence-corrected chi connectivity index (χ2v) is 9.46. The zero-order chi connectivity index (χ0) is 18.4. The summed E-state index contributed by atoms with van der Waals surface area (Å²) in [6, 6.07) is 6.06. The minimum Gasteiger partial charge on any atom is -0.390 e. The Morgan fingerprint density at radius 3 is 2.64 bits per heavy atom. The van der Waals surface area contributed by atoms with Crippen molar-refractivity contribution in [2.24, 2.45) is 11.3 Å². The fraction of sp³-hybridized carbons (Fsp3) is 0.476. The average Bonchev–Trinajstić information content (AvgIpc) is 2.84. The number of hydrogen-bond donors (Lipinski definition) is 2. The highest BCUT2D eigenvalue weighted by atomic mass is 32.1. The number of thiophene rings is 1. The van der Waals surface area contributed by atoms with Crippen LogP contribution in [-0.4, -0.2) is 5.91 Å². The first-order chi connectivity index (χ1) is 11.7. The molecule has 134 valence electrons. The zero-order valence-electron chi connectivity index (χ0n) is 15.8. The maximum atomic E-state index is 12.9. The molecule has 1 aromatic heterocycles. The predicted octanol–water partition coefficient (Wildman–Crippen LogP) is 5.35. The number of hydrogen-bond acceptors (Lipinski definition) is 3. The second kappa shape index (κ2) is 6.49. The molecule has 3 rings (SSSR count). The topological polar surface area (TPSA) is 55.1 Å². The first-order valence-corrected chi connectivity index (χ1v) is 9.77. The molecule has 3 N–H and O–H groups in total. The summed E-state index contributed by atoms with van der Waals surface area (Å²) in [5.74, 6) is 0.574. The van der Waals surface area contributed by atoms with Crippen LogP contribution in [0.2, 0.25) is 0 Å². The number of carbonyl (C=O) groups excluding carboxylic acids is 1. The summed E-state index contributed by atoms with van der Waals surface area (Å²) in [6.45, 7) is 11.0. The van der Waals surface area contributed by atoms with E-state index in [0.717, 1.165) is 30.5 Å². The van der Waals surface area contributed by atoms with Gasteiger partial charge in [-0.3, -0.25) is 4.79 Å². The maximum Gasteiger partial charge on any atom is 0.258 e. The number of fused-ring (bicyclic) bond motifs is 1. The molecule has 1 atom stereocenters. The molecule has 0 spiro atoms. The fourth-order valence-corrected chi connectivity index (χ4v) is 4.93. The molecule has 0 unspecified atom stereocenters. The van der Waals surface area contributed by atoms with Gasteiger partial charge < -0.3 is 11.1 Å². The highest BCUT2D eigenvalue weighted by molar-refractivity contribution is 7.16. The molecule has 1 aliphatic carbocycles. The van der Waals surface area contributed by atoms with Crippen LogP contribution < -0.4 is 11.1 Å². The van der Waals surface area contributed by atoms with E-state index in [1.807, 2.05) is 19.1 Å². The minimum absolute atomic E-state index is 0.0730. The van der Waals surface area contributed by atoms with Crippen LogP contribution in [0.3, 0.4) is 0 Å². The van der Waals surface area contributed by atoms with Crippen LogP contribution in [0.5, 0.6) is 0 Å². The van der Waals surface area contributed by atoms with Gasteiger partial charge in [-0.15, -0.1) is 11.3 Å². The van der Waals surface area contributed by atoms with Gasteiger partial charge in [-0.1, -0.05) is 38.5 Å². The van der Waals surface area contributed by atoms with Gasteiger partial charge in [0, 0.05) is 10.6 Å². The number of rotatable bonds is 2. The lowest BCUT2D eigenvalue weighted by Crippen LogP contribution is -2.27. The quantitative estimate of drug-likeness (QED) is 0.762. The number of nitrogens with one attached hydrogen (secondary N) is 1. The number of aryl methyl sites for hydroxylation is 2. The Bertz CT molecular complexity index is 814. The standard InChI is InChI=1S/C21H28N2OS/c1-12-6-9-16(13(2)10-12)23-20(24)18-15-8-7-14(21(3,4)5)11-17(15)25-19(18)22/h6,9-10,14H,7-8,11,22H2,1-5H3,(H,23,24)/t14-/m1/s1. The van der Waals surface area contributed by atoms with Crippen molar-refractivity contribution in [3.05, 3.63) is 45.3 Å². The van der Waals surface area contributed by atoms with Crippen molar-refractivity contribution < 1.29 is 4.79 Å². The Kier molecular flexibility index (Phi) is 4.67. The van der Waals surface area contributed by atoms with Crippen LogP contribution in [0.4, 0.5) is 10.7 Å². The molecule has 0 aliphatic heterocycles. The molecule has 0 saturated carbocycles. The maximum absolute atomic E-state index is 12.9. The molecule has 0 fully saturated rings. The Morgan fingerprint density at radius 1 is 1.28 bits per heavy atom. The Hall–Kier alpha value is -1.81. The lowest BCUT2D eigenvalue weighted by molar-refractivity contribution is 0.102. The van der Waals surface area contributed by atoms with Gasteiger partial charge in [-0.2, -0.15) is 0 Å².